The van der Waals surface area contributed by atoms with Gasteiger partial charge in [-0.2, -0.15) is 8.78 Å². The van der Waals surface area contributed by atoms with E-state index in [0.29, 0.717) is 48.6 Å². The van der Waals surface area contributed by atoms with Crippen LogP contribution in [0.4, 0.5) is 26.3 Å². The first kappa shape index (κ1) is 33.9. The number of alkyl halides is 5. The van der Waals surface area contributed by atoms with Gasteiger partial charge in [0.25, 0.3) is 0 Å². The van der Waals surface area contributed by atoms with Crippen molar-refractivity contribution in [2.45, 2.75) is 109 Å². The highest BCUT2D eigenvalue weighted by molar-refractivity contribution is 5.33. The fourth-order valence-corrected chi connectivity index (χ4v) is 7.35. The van der Waals surface area contributed by atoms with Crippen molar-refractivity contribution in [1.82, 2.24) is 0 Å². The molecule has 2 aromatic carbocycles. The molecule has 0 aromatic heterocycles. The van der Waals surface area contributed by atoms with Crippen LogP contribution in [0.15, 0.2) is 42.5 Å². The largest absolute Gasteiger partial charge is 0.573 e. The lowest BCUT2D eigenvalue weighted by molar-refractivity contribution is -0.275. The van der Waals surface area contributed by atoms with E-state index in [9.17, 15) is 26.3 Å². The van der Waals surface area contributed by atoms with E-state index in [2.05, 4.69) is 35.9 Å². The molecule has 0 N–H and O–H groups in total. The second kappa shape index (κ2) is 15.0. The van der Waals surface area contributed by atoms with Gasteiger partial charge < -0.3 is 18.9 Å². The molecule has 0 spiro atoms. The standard InChI is InChI=1S/C35H44F6O4/c1-2-3-4-5-23-21-42-33(43-22-23)28-12-10-26(11-13-28)24-6-8-25(9-7-24)27-14-16-29(17-15-27)34(37,38)44-30-18-19-32(31(36)20-30)45-35(39,40)41/h10-13,18-20,23-25,27,29,33H,2-9,14-17,21-22H2,1H3. The molecular weight excluding hydrogens is 598 g/mol. The van der Waals surface area contributed by atoms with Crippen molar-refractivity contribution in [1.29, 1.82) is 0 Å². The van der Waals surface area contributed by atoms with Gasteiger partial charge in [0.05, 0.1) is 19.1 Å². The third-order valence-corrected chi connectivity index (χ3v) is 9.93. The Morgan fingerprint density at radius 2 is 1.33 bits per heavy atom. The van der Waals surface area contributed by atoms with Gasteiger partial charge in [-0.1, -0.05) is 50.5 Å². The molecule has 3 aliphatic rings. The highest BCUT2D eigenvalue weighted by Gasteiger charge is 2.45. The van der Waals surface area contributed by atoms with Gasteiger partial charge in [0.1, 0.15) is 5.75 Å². The molecule has 3 fully saturated rings. The van der Waals surface area contributed by atoms with Gasteiger partial charge in [-0.3, -0.25) is 0 Å². The summed E-state index contributed by atoms with van der Waals surface area (Å²) >= 11 is 0. The van der Waals surface area contributed by atoms with Gasteiger partial charge in [0.2, 0.25) is 0 Å². The number of hydrogen-bond acceptors (Lipinski definition) is 4. The SMILES string of the molecule is CCCCCC1COC(c2ccc(C3CCC(C4CCC(C(F)(F)Oc5ccc(OC(F)(F)F)c(F)c5)CC4)CC3)cc2)OC1. The van der Waals surface area contributed by atoms with Crippen LogP contribution in [0.5, 0.6) is 11.5 Å². The third-order valence-electron chi connectivity index (χ3n) is 9.93. The van der Waals surface area contributed by atoms with E-state index in [1.165, 1.54) is 24.8 Å². The smallest absolute Gasteiger partial charge is 0.432 e. The monoisotopic (exact) mass is 642 g/mol. The minimum atomic E-state index is -5.09. The number of hydrogen-bond donors (Lipinski definition) is 0. The van der Waals surface area contributed by atoms with E-state index in [0.717, 1.165) is 56.9 Å². The van der Waals surface area contributed by atoms with Crippen LogP contribution in [0.1, 0.15) is 107 Å². The molecule has 0 unspecified atom stereocenters. The quantitative estimate of drug-likeness (QED) is 0.181. The van der Waals surface area contributed by atoms with Crippen LogP contribution < -0.4 is 9.47 Å². The van der Waals surface area contributed by atoms with Crippen LogP contribution >= 0.6 is 0 Å². The predicted octanol–water partition coefficient (Wildman–Crippen LogP) is 10.7. The van der Waals surface area contributed by atoms with Crippen LogP contribution in [0.3, 0.4) is 0 Å². The molecule has 2 saturated carbocycles. The van der Waals surface area contributed by atoms with E-state index in [1.807, 2.05) is 0 Å². The number of unbranched alkanes of at least 4 members (excludes halogenated alkanes) is 2. The first-order valence-corrected chi connectivity index (χ1v) is 16.5. The molecule has 2 aliphatic carbocycles. The summed E-state index contributed by atoms with van der Waals surface area (Å²) in [5, 5.41) is 0. The molecule has 1 heterocycles. The zero-order valence-electron chi connectivity index (χ0n) is 25.8. The van der Waals surface area contributed by atoms with E-state index in [-0.39, 0.29) is 19.1 Å². The zero-order valence-corrected chi connectivity index (χ0v) is 25.8. The molecule has 0 bridgehead atoms. The van der Waals surface area contributed by atoms with E-state index >= 15 is 0 Å². The minimum Gasteiger partial charge on any atom is -0.432 e. The van der Waals surface area contributed by atoms with Crippen LogP contribution in [-0.4, -0.2) is 25.7 Å². The lowest BCUT2D eigenvalue weighted by atomic mass is 9.68. The summed E-state index contributed by atoms with van der Waals surface area (Å²) in [7, 11) is 0. The Balaban J connectivity index is 1.04. The van der Waals surface area contributed by atoms with Crippen molar-refractivity contribution in [2.75, 3.05) is 13.2 Å². The third kappa shape index (κ3) is 9.31. The van der Waals surface area contributed by atoms with Gasteiger partial charge in [-0.25, -0.2) is 4.39 Å². The highest BCUT2D eigenvalue weighted by Crippen LogP contribution is 2.47. The second-order valence-corrected chi connectivity index (χ2v) is 13.1. The van der Waals surface area contributed by atoms with E-state index in [1.54, 1.807) is 0 Å². The van der Waals surface area contributed by atoms with Crippen LogP contribution in [0.2, 0.25) is 0 Å². The molecule has 45 heavy (non-hydrogen) atoms. The maximum atomic E-state index is 15.0. The Labute approximate surface area is 261 Å². The second-order valence-electron chi connectivity index (χ2n) is 13.1. The molecular formula is C35H44F6O4. The summed E-state index contributed by atoms with van der Waals surface area (Å²) in [6.45, 7) is 3.69. The Kier molecular flexibility index (Phi) is 11.3. The maximum Gasteiger partial charge on any atom is 0.573 e. The Morgan fingerprint density at radius 1 is 0.733 bits per heavy atom. The van der Waals surface area contributed by atoms with Gasteiger partial charge in [-0.15, -0.1) is 13.2 Å². The van der Waals surface area contributed by atoms with Crippen molar-refractivity contribution in [2.24, 2.45) is 23.7 Å². The van der Waals surface area contributed by atoms with Crippen molar-refractivity contribution in [3.05, 3.63) is 59.4 Å². The zero-order chi connectivity index (χ0) is 32.0. The fraction of sp³-hybridized carbons (Fsp3) is 0.657. The molecule has 4 nitrogen and oxygen atoms in total. The number of rotatable bonds is 11. The van der Waals surface area contributed by atoms with Crippen molar-refractivity contribution in [3.63, 3.8) is 0 Å². The molecule has 0 amide bonds. The average Bonchev–Trinajstić information content (AvgIpc) is 3.02. The summed E-state index contributed by atoms with van der Waals surface area (Å²) in [6, 6.07) is 10.6. The average molecular weight is 643 g/mol. The summed E-state index contributed by atoms with van der Waals surface area (Å²) < 4.78 is 101. The van der Waals surface area contributed by atoms with Crippen molar-refractivity contribution in [3.8, 4) is 11.5 Å². The molecule has 10 heteroatoms. The van der Waals surface area contributed by atoms with E-state index in [4.69, 9.17) is 14.2 Å². The predicted molar refractivity (Wildman–Crippen MR) is 158 cm³/mol. The van der Waals surface area contributed by atoms with Crippen LogP contribution in [-0.2, 0) is 9.47 Å². The molecule has 1 aliphatic heterocycles. The first-order chi connectivity index (χ1) is 21.5. The normalized spacial score (nSPS) is 28.1. The summed E-state index contributed by atoms with van der Waals surface area (Å²) in [5.74, 6) is -2.26. The Bertz CT molecular complexity index is 1200. The van der Waals surface area contributed by atoms with Crippen LogP contribution in [0.25, 0.3) is 0 Å². The number of ether oxygens (including phenoxy) is 4. The van der Waals surface area contributed by atoms with Gasteiger partial charge >= 0.3 is 12.5 Å². The van der Waals surface area contributed by atoms with Gasteiger partial charge in [0, 0.05) is 17.5 Å². The minimum absolute atomic E-state index is 0.279. The lowest BCUT2D eigenvalue weighted by Crippen LogP contribution is -2.38. The lowest BCUT2D eigenvalue weighted by Gasteiger charge is -2.39. The fourth-order valence-electron chi connectivity index (χ4n) is 7.35. The van der Waals surface area contributed by atoms with Crippen molar-refractivity contribution >= 4 is 0 Å². The molecule has 250 valence electrons. The maximum absolute atomic E-state index is 15.0. The van der Waals surface area contributed by atoms with Gasteiger partial charge in [-0.05, 0) is 93.2 Å². The molecule has 2 aromatic rings. The number of benzene rings is 2. The topological polar surface area (TPSA) is 36.9 Å². The van der Waals surface area contributed by atoms with Crippen molar-refractivity contribution < 1.29 is 45.3 Å². The summed E-state index contributed by atoms with van der Waals surface area (Å²) in [4.78, 5) is 0. The molecule has 5 rings (SSSR count). The Morgan fingerprint density at radius 3 is 1.91 bits per heavy atom. The molecule has 1 saturated heterocycles. The van der Waals surface area contributed by atoms with Crippen LogP contribution in [0, 0.1) is 29.5 Å². The summed E-state index contributed by atoms with van der Waals surface area (Å²) in [6.07, 6.45) is 2.05. The van der Waals surface area contributed by atoms with E-state index < -0.39 is 35.7 Å². The Hall–Kier alpha value is -2.46. The summed E-state index contributed by atoms with van der Waals surface area (Å²) in [5.41, 5.74) is 2.37. The van der Waals surface area contributed by atoms with Gasteiger partial charge in [0.15, 0.2) is 17.9 Å². The first-order valence-electron chi connectivity index (χ1n) is 16.5. The number of halogens is 6. The molecule has 0 radical (unpaired) electrons. The highest BCUT2D eigenvalue weighted by atomic mass is 19.4. The molecule has 0 atom stereocenters.